The molecule has 0 heterocycles. The normalized spacial score (nSPS) is 21.9. The first-order valence-electron chi connectivity index (χ1n) is 4.73. The second-order valence-corrected chi connectivity index (χ2v) is 3.31. The Balaban J connectivity index is 2.23. The average Bonchev–Trinajstić information content (AvgIpc) is 2.07. The highest BCUT2D eigenvalue weighted by Crippen LogP contribution is 2.24. The zero-order valence-corrected chi connectivity index (χ0v) is 7.42. The summed E-state index contributed by atoms with van der Waals surface area (Å²) in [6, 6.07) is 0. The van der Waals surface area contributed by atoms with Gasteiger partial charge in [0.15, 0.2) is 0 Å². The standard InChI is InChI=1S/C11H18/c1-2-3-5-8-11-9-6-4-7-10-11/h2-3,5,8,11H,4,6-7,9-10H2,1H3/b3-2+,8-5+. The van der Waals surface area contributed by atoms with Crippen molar-refractivity contribution in [3.8, 4) is 0 Å². The largest absolute Gasteiger partial charge is 0.0877 e. The Bertz CT molecular complexity index is 136. The van der Waals surface area contributed by atoms with Gasteiger partial charge in [0.2, 0.25) is 0 Å². The molecule has 1 saturated carbocycles. The Hall–Kier alpha value is -0.520. The Morgan fingerprint density at radius 2 is 1.73 bits per heavy atom. The van der Waals surface area contributed by atoms with E-state index in [4.69, 9.17) is 0 Å². The molecule has 0 aliphatic heterocycles. The lowest BCUT2D eigenvalue weighted by atomic mass is 9.89. The summed E-state index contributed by atoms with van der Waals surface area (Å²) in [4.78, 5) is 0. The first-order valence-corrected chi connectivity index (χ1v) is 4.73. The Labute approximate surface area is 70.0 Å². The summed E-state index contributed by atoms with van der Waals surface area (Å²) in [5.74, 6) is 0.875. The molecule has 0 radical (unpaired) electrons. The van der Waals surface area contributed by atoms with Gasteiger partial charge in [0.25, 0.3) is 0 Å². The molecule has 0 aromatic carbocycles. The minimum Gasteiger partial charge on any atom is -0.0877 e. The van der Waals surface area contributed by atoms with E-state index in [1.165, 1.54) is 32.1 Å². The van der Waals surface area contributed by atoms with E-state index in [1.807, 2.05) is 0 Å². The molecule has 1 fully saturated rings. The van der Waals surface area contributed by atoms with E-state index in [2.05, 4.69) is 31.2 Å². The Morgan fingerprint density at radius 3 is 2.36 bits per heavy atom. The predicted octanol–water partition coefficient (Wildman–Crippen LogP) is 3.70. The van der Waals surface area contributed by atoms with Crippen LogP contribution >= 0.6 is 0 Å². The molecule has 0 N–H and O–H groups in total. The van der Waals surface area contributed by atoms with Crippen LogP contribution in [-0.2, 0) is 0 Å². The highest BCUT2D eigenvalue weighted by Gasteiger charge is 2.08. The summed E-state index contributed by atoms with van der Waals surface area (Å²) < 4.78 is 0. The molecule has 0 bridgehead atoms. The van der Waals surface area contributed by atoms with Gasteiger partial charge in [0, 0.05) is 0 Å². The highest BCUT2D eigenvalue weighted by molar-refractivity contribution is 5.03. The van der Waals surface area contributed by atoms with Crippen molar-refractivity contribution in [2.75, 3.05) is 0 Å². The summed E-state index contributed by atoms with van der Waals surface area (Å²) >= 11 is 0. The van der Waals surface area contributed by atoms with Crippen molar-refractivity contribution >= 4 is 0 Å². The van der Waals surface area contributed by atoms with Crippen LogP contribution in [0.1, 0.15) is 39.0 Å². The third-order valence-corrected chi connectivity index (χ3v) is 2.34. The molecule has 62 valence electrons. The zero-order valence-electron chi connectivity index (χ0n) is 7.42. The molecular weight excluding hydrogens is 132 g/mol. The fourth-order valence-electron chi connectivity index (χ4n) is 1.66. The molecule has 0 aromatic heterocycles. The molecule has 0 heteroatoms. The van der Waals surface area contributed by atoms with Gasteiger partial charge in [0.1, 0.15) is 0 Å². The number of hydrogen-bond donors (Lipinski definition) is 0. The fourth-order valence-corrected chi connectivity index (χ4v) is 1.66. The molecule has 0 saturated heterocycles. The molecule has 1 aliphatic rings. The van der Waals surface area contributed by atoms with Gasteiger partial charge in [0.05, 0.1) is 0 Å². The number of rotatable bonds is 2. The van der Waals surface area contributed by atoms with E-state index in [0.717, 1.165) is 5.92 Å². The van der Waals surface area contributed by atoms with Crippen LogP contribution in [0.5, 0.6) is 0 Å². The van der Waals surface area contributed by atoms with Gasteiger partial charge in [-0.1, -0.05) is 43.6 Å². The maximum Gasteiger partial charge on any atom is -0.0230 e. The molecule has 0 nitrogen and oxygen atoms in total. The average molecular weight is 150 g/mol. The predicted molar refractivity (Wildman–Crippen MR) is 50.5 cm³/mol. The molecule has 11 heavy (non-hydrogen) atoms. The van der Waals surface area contributed by atoms with Gasteiger partial charge in [-0.3, -0.25) is 0 Å². The van der Waals surface area contributed by atoms with Crippen LogP contribution in [-0.4, -0.2) is 0 Å². The third kappa shape index (κ3) is 3.41. The molecule has 0 atom stereocenters. The van der Waals surface area contributed by atoms with Crippen molar-refractivity contribution < 1.29 is 0 Å². The Kier molecular flexibility index (Phi) is 4.03. The van der Waals surface area contributed by atoms with Gasteiger partial charge < -0.3 is 0 Å². The minimum absolute atomic E-state index is 0.875. The number of allylic oxidation sites excluding steroid dienone is 4. The summed E-state index contributed by atoms with van der Waals surface area (Å²) in [6.45, 7) is 2.06. The highest BCUT2D eigenvalue weighted by atomic mass is 14.1. The smallest absolute Gasteiger partial charge is 0.0230 e. The van der Waals surface area contributed by atoms with Crippen LogP contribution in [0.15, 0.2) is 24.3 Å². The van der Waals surface area contributed by atoms with Crippen molar-refractivity contribution in [1.29, 1.82) is 0 Å². The first-order chi connectivity index (χ1) is 5.43. The molecule has 0 spiro atoms. The lowest BCUT2D eigenvalue weighted by Gasteiger charge is -2.17. The molecule has 0 amide bonds. The molecular formula is C11H18. The summed E-state index contributed by atoms with van der Waals surface area (Å²) in [7, 11) is 0. The van der Waals surface area contributed by atoms with Crippen molar-refractivity contribution in [3.05, 3.63) is 24.3 Å². The summed E-state index contributed by atoms with van der Waals surface area (Å²) in [5, 5.41) is 0. The molecule has 0 unspecified atom stereocenters. The quantitative estimate of drug-likeness (QED) is 0.526. The van der Waals surface area contributed by atoms with Crippen molar-refractivity contribution in [2.24, 2.45) is 5.92 Å². The van der Waals surface area contributed by atoms with Gasteiger partial charge in [-0.25, -0.2) is 0 Å². The summed E-state index contributed by atoms with van der Waals surface area (Å²) in [5.41, 5.74) is 0. The van der Waals surface area contributed by atoms with E-state index >= 15 is 0 Å². The minimum atomic E-state index is 0.875. The Morgan fingerprint density at radius 1 is 1.00 bits per heavy atom. The molecule has 0 aromatic rings. The maximum atomic E-state index is 2.36. The molecule has 1 aliphatic carbocycles. The second-order valence-electron chi connectivity index (χ2n) is 3.31. The van der Waals surface area contributed by atoms with Crippen LogP contribution in [0.3, 0.4) is 0 Å². The van der Waals surface area contributed by atoms with E-state index in [0.29, 0.717) is 0 Å². The van der Waals surface area contributed by atoms with Crippen molar-refractivity contribution in [1.82, 2.24) is 0 Å². The SMILES string of the molecule is C/C=C/C=C/C1CCCCC1. The van der Waals surface area contributed by atoms with E-state index in [-0.39, 0.29) is 0 Å². The van der Waals surface area contributed by atoms with Crippen molar-refractivity contribution in [2.45, 2.75) is 39.0 Å². The lowest BCUT2D eigenvalue weighted by Crippen LogP contribution is -2.02. The zero-order chi connectivity index (χ0) is 7.94. The third-order valence-electron chi connectivity index (χ3n) is 2.34. The van der Waals surface area contributed by atoms with E-state index < -0.39 is 0 Å². The monoisotopic (exact) mass is 150 g/mol. The first kappa shape index (κ1) is 8.58. The van der Waals surface area contributed by atoms with Crippen LogP contribution in [0, 0.1) is 5.92 Å². The van der Waals surface area contributed by atoms with Crippen molar-refractivity contribution in [3.63, 3.8) is 0 Å². The van der Waals surface area contributed by atoms with Gasteiger partial charge in [-0.2, -0.15) is 0 Å². The fraction of sp³-hybridized carbons (Fsp3) is 0.636. The van der Waals surface area contributed by atoms with Crippen LogP contribution in [0.25, 0.3) is 0 Å². The topological polar surface area (TPSA) is 0 Å². The maximum absolute atomic E-state index is 2.36. The molecule has 1 rings (SSSR count). The van der Waals surface area contributed by atoms with E-state index in [1.54, 1.807) is 0 Å². The van der Waals surface area contributed by atoms with Crippen LogP contribution < -0.4 is 0 Å². The van der Waals surface area contributed by atoms with Gasteiger partial charge in [-0.15, -0.1) is 0 Å². The van der Waals surface area contributed by atoms with Gasteiger partial charge >= 0.3 is 0 Å². The lowest BCUT2D eigenvalue weighted by molar-refractivity contribution is 0.419. The van der Waals surface area contributed by atoms with Gasteiger partial charge in [-0.05, 0) is 25.7 Å². The second kappa shape index (κ2) is 5.17. The number of hydrogen-bond acceptors (Lipinski definition) is 0. The van der Waals surface area contributed by atoms with E-state index in [9.17, 15) is 0 Å². The van der Waals surface area contributed by atoms with Crippen LogP contribution in [0.2, 0.25) is 0 Å². The summed E-state index contributed by atoms with van der Waals surface area (Å²) in [6.07, 6.45) is 15.9. The van der Waals surface area contributed by atoms with Crippen LogP contribution in [0.4, 0.5) is 0 Å².